The molecule has 0 heterocycles. The average molecular weight is 455 g/mol. The zero-order valence-electron chi connectivity index (χ0n) is 20.8. The number of ether oxygens (including phenoxy) is 4. The van der Waals surface area contributed by atoms with Gasteiger partial charge in [-0.3, -0.25) is 0 Å². The van der Waals surface area contributed by atoms with Crippen LogP contribution in [0.2, 0.25) is 0 Å². The van der Waals surface area contributed by atoms with Crippen molar-refractivity contribution in [1.29, 1.82) is 5.26 Å². The monoisotopic (exact) mass is 454 g/mol. The Morgan fingerprint density at radius 1 is 0.909 bits per heavy atom. The Hall–Kier alpha value is -2.91. The lowest BCUT2D eigenvalue weighted by atomic mass is 9.67. The van der Waals surface area contributed by atoms with Crippen molar-refractivity contribution in [1.82, 2.24) is 0 Å². The van der Waals surface area contributed by atoms with Crippen LogP contribution in [0.4, 0.5) is 0 Å². The largest absolute Gasteiger partial charge is 0.493 e. The Bertz CT molecular complexity index is 940. The number of hydrogen-bond acceptors (Lipinski definition) is 6. The van der Waals surface area contributed by atoms with Gasteiger partial charge in [-0.05, 0) is 67.0 Å². The first-order valence-corrected chi connectivity index (χ1v) is 11.5. The summed E-state index contributed by atoms with van der Waals surface area (Å²) in [5, 5.41) is 10.4. The van der Waals surface area contributed by atoms with E-state index >= 15 is 0 Å². The van der Waals surface area contributed by atoms with E-state index in [1.165, 1.54) is 0 Å². The van der Waals surface area contributed by atoms with Crippen LogP contribution in [0.25, 0.3) is 0 Å². The van der Waals surface area contributed by atoms with Crippen LogP contribution < -0.4 is 24.7 Å². The van der Waals surface area contributed by atoms with Crippen molar-refractivity contribution in [3.63, 3.8) is 0 Å². The lowest BCUT2D eigenvalue weighted by Gasteiger charge is -2.34. The van der Waals surface area contributed by atoms with Crippen molar-refractivity contribution < 1.29 is 18.9 Å². The number of nitrogens with two attached hydrogens (primary N) is 1. The molecule has 2 rings (SSSR count). The predicted molar refractivity (Wildman–Crippen MR) is 131 cm³/mol. The fourth-order valence-corrected chi connectivity index (χ4v) is 4.42. The van der Waals surface area contributed by atoms with E-state index in [4.69, 9.17) is 24.7 Å². The molecule has 6 nitrogen and oxygen atoms in total. The summed E-state index contributed by atoms with van der Waals surface area (Å²) in [6.45, 7) is 4.27. The summed E-state index contributed by atoms with van der Waals surface area (Å²) < 4.78 is 21.6. The maximum atomic E-state index is 10.4. The van der Waals surface area contributed by atoms with Gasteiger partial charge in [-0.2, -0.15) is 5.26 Å². The average Bonchev–Trinajstić information content (AvgIpc) is 2.85. The topological polar surface area (TPSA) is 86.7 Å². The SMILES string of the molecule is CCC(C)C(C#N)(CCCC(N)Cc1ccc(OC)c(OC)c1)c1ccc(OC)c(OC)c1. The zero-order chi connectivity index (χ0) is 24.4. The van der Waals surface area contributed by atoms with Gasteiger partial charge in [0, 0.05) is 6.04 Å². The highest BCUT2D eigenvalue weighted by Crippen LogP contribution is 2.42. The summed E-state index contributed by atoms with van der Waals surface area (Å²) in [5.74, 6) is 2.90. The van der Waals surface area contributed by atoms with Crippen LogP contribution in [0.3, 0.4) is 0 Å². The fraction of sp³-hybridized carbons (Fsp3) is 0.519. The van der Waals surface area contributed by atoms with Gasteiger partial charge in [0.25, 0.3) is 0 Å². The summed E-state index contributed by atoms with van der Waals surface area (Å²) in [4.78, 5) is 0. The molecule has 0 bridgehead atoms. The van der Waals surface area contributed by atoms with Crippen LogP contribution in [0, 0.1) is 17.2 Å². The van der Waals surface area contributed by atoms with E-state index in [0.717, 1.165) is 43.2 Å². The molecule has 3 atom stereocenters. The first-order valence-electron chi connectivity index (χ1n) is 11.5. The quantitative estimate of drug-likeness (QED) is 0.444. The second kappa shape index (κ2) is 12.4. The van der Waals surface area contributed by atoms with Gasteiger partial charge in [-0.15, -0.1) is 0 Å². The fourth-order valence-electron chi connectivity index (χ4n) is 4.42. The summed E-state index contributed by atoms with van der Waals surface area (Å²) in [6.07, 6.45) is 4.04. The summed E-state index contributed by atoms with van der Waals surface area (Å²) in [7, 11) is 6.49. The second-order valence-electron chi connectivity index (χ2n) is 8.51. The van der Waals surface area contributed by atoms with Crippen LogP contribution in [0.15, 0.2) is 36.4 Å². The lowest BCUT2D eigenvalue weighted by molar-refractivity contribution is 0.315. The van der Waals surface area contributed by atoms with Gasteiger partial charge in [-0.25, -0.2) is 0 Å². The third kappa shape index (κ3) is 6.11. The van der Waals surface area contributed by atoms with Crippen molar-refractivity contribution in [3.05, 3.63) is 47.5 Å². The Balaban J connectivity index is 2.15. The van der Waals surface area contributed by atoms with Crippen molar-refractivity contribution in [2.24, 2.45) is 11.7 Å². The molecule has 0 radical (unpaired) electrons. The molecule has 0 spiro atoms. The molecule has 6 heteroatoms. The molecule has 0 aromatic heterocycles. The number of nitrogens with zero attached hydrogens (tertiary/aromatic N) is 1. The van der Waals surface area contributed by atoms with E-state index in [-0.39, 0.29) is 12.0 Å². The van der Waals surface area contributed by atoms with E-state index in [0.29, 0.717) is 23.0 Å². The molecule has 0 aliphatic carbocycles. The zero-order valence-corrected chi connectivity index (χ0v) is 20.8. The first kappa shape index (κ1) is 26.3. The first-order chi connectivity index (χ1) is 15.9. The van der Waals surface area contributed by atoms with Crippen LogP contribution in [-0.2, 0) is 11.8 Å². The smallest absolute Gasteiger partial charge is 0.161 e. The molecule has 2 aromatic rings. The summed E-state index contributed by atoms with van der Waals surface area (Å²) in [6, 6.07) is 14.3. The van der Waals surface area contributed by atoms with Gasteiger partial charge in [0.15, 0.2) is 23.0 Å². The summed E-state index contributed by atoms with van der Waals surface area (Å²) >= 11 is 0. The van der Waals surface area contributed by atoms with Gasteiger partial charge in [0.2, 0.25) is 0 Å². The van der Waals surface area contributed by atoms with E-state index in [9.17, 15) is 5.26 Å². The van der Waals surface area contributed by atoms with Crippen LogP contribution in [-0.4, -0.2) is 34.5 Å². The standard InChI is InChI=1S/C27H38N2O4/c1-7-19(2)27(18-28,21-11-13-24(31-4)26(17-21)33-6)14-8-9-22(29)15-20-10-12-23(30-3)25(16-20)32-5/h10-13,16-17,19,22H,7-9,14-15,29H2,1-6H3. The van der Waals surface area contributed by atoms with E-state index in [1.54, 1.807) is 28.4 Å². The molecule has 180 valence electrons. The maximum Gasteiger partial charge on any atom is 0.161 e. The number of rotatable bonds is 13. The summed E-state index contributed by atoms with van der Waals surface area (Å²) in [5.41, 5.74) is 7.93. The van der Waals surface area contributed by atoms with E-state index in [2.05, 4.69) is 19.9 Å². The molecule has 2 aromatic carbocycles. The third-order valence-corrected chi connectivity index (χ3v) is 6.64. The van der Waals surface area contributed by atoms with Crippen LogP contribution in [0.5, 0.6) is 23.0 Å². The van der Waals surface area contributed by atoms with Crippen molar-refractivity contribution in [2.45, 2.75) is 57.4 Å². The van der Waals surface area contributed by atoms with Crippen molar-refractivity contribution >= 4 is 0 Å². The van der Waals surface area contributed by atoms with Gasteiger partial charge < -0.3 is 24.7 Å². The molecule has 0 aliphatic rings. The van der Waals surface area contributed by atoms with Crippen molar-refractivity contribution in [3.8, 4) is 29.1 Å². The van der Waals surface area contributed by atoms with Gasteiger partial charge in [-0.1, -0.05) is 32.4 Å². The number of hydrogen-bond donors (Lipinski definition) is 1. The minimum atomic E-state index is -0.614. The van der Waals surface area contributed by atoms with Crippen molar-refractivity contribution in [2.75, 3.05) is 28.4 Å². The highest BCUT2D eigenvalue weighted by atomic mass is 16.5. The van der Waals surface area contributed by atoms with Gasteiger partial charge >= 0.3 is 0 Å². The highest BCUT2D eigenvalue weighted by molar-refractivity contribution is 5.47. The molecule has 0 saturated heterocycles. The Morgan fingerprint density at radius 3 is 2.03 bits per heavy atom. The molecule has 0 amide bonds. The van der Waals surface area contributed by atoms with Gasteiger partial charge in [0.1, 0.15) is 0 Å². The normalized spacial score (nSPS) is 14.5. The van der Waals surface area contributed by atoms with E-state index in [1.807, 2.05) is 36.4 Å². The van der Waals surface area contributed by atoms with Crippen LogP contribution >= 0.6 is 0 Å². The predicted octanol–water partition coefficient (Wildman–Crippen LogP) is 5.27. The molecule has 2 N–H and O–H groups in total. The maximum absolute atomic E-state index is 10.4. The number of methoxy groups -OCH3 is 4. The Morgan fingerprint density at radius 2 is 1.48 bits per heavy atom. The molecule has 0 saturated carbocycles. The Labute approximate surface area is 198 Å². The highest BCUT2D eigenvalue weighted by Gasteiger charge is 2.37. The minimum Gasteiger partial charge on any atom is -0.493 e. The number of benzene rings is 2. The minimum absolute atomic E-state index is 0.0122. The molecule has 3 unspecified atom stereocenters. The van der Waals surface area contributed by atoms with Crippen LogP contribution in [0.1, 0.15) is 50.7 Å². The molecule has 33 heavy (non-hydrogen) atoms. The molecule has 0 fully saturated rings. The second-order valence-corrected chi connectivity index (χ2v) is 8.51. The Kier molecular flexibility index (Phi) is 9.87. The molecular weight excluding hydrogens is 416 g/mol. The number of nitriles is 1. The molecule has 0 aliphatic heterocycles. The third-order valence-electron chi connectivity index (χ3n) is 6.64. The lowest BCUT2D eigenvalue weighted by Crippen LogP contribution is -2.33. The molecular formula is C27H38N2O4. The van der Waals surface area contributed by atoms with E-state index < -0.39 is 5.41 Å². The van der Waals surface area contributed by atoms with Gasteiger partial charge in [0.05, 0.1) is 39.9 Å².